The van der Waals surface area contributed by atoms with Gasteiger partial charge in [0.1, 0.15) is 28.0 Å². The minimum atomic E-state index is -3.57. The number of sulfone groups is 1. The monoisotopic (exact) mass is 588 g/mol. The van der Waals surface area contributed by atoms with Crippen LogP contribution in [0, 0.1) is 6.92 Å². The quantitative estimate of drug-likeness (QED) is 0.179. The van der Waals surface area contributed by atoms with E-state index in [-0.39, 0.29) is 23.9 Å². The van der Waals surface area contributed by atoms with Crippen LogP contribution in [0.25, 0.3) is 0 Å². The van der Waals surface area contributed by atoms with Crippen LogP contribution in [0.5, 0.6) is 11.5 Å². The second-order valence-electron chi connectivity index (χ2n) is 9.31. The molecule has 1 heterocycles. The van der Waals surface area contributed by atoms with E-state index < -0.39 is 21.4 Å². The average molecular weight is 589 g/mol. The van der Waals surface area contributed by atoms with Gasteiger partial charge in [0.15, 0.2) is 15.6 Å². The molecule has 0 unspecified atom stereocenters. The molecule has 0 saturated carbocycles. The smallest absolute Gasteiger partial charge is 0.254 e. The Kier molecular flexibility index (Phi) is 11.7. The molecule has 0 aliphatic carbocycles. The molecule has 0 spiro atoms. The van der Waals surface area contributed by atoms with Crippen LogP contribution >= 0.6 is 11.3 Å². The zero-order valence-electron chi connectivity index (χ0n) is 23.3. The maximum absolute atomic E-state index is 13.7. The van der Waals surface area contributed by atoms with Crippen molar-refractivity contribution >= 4 is 32.9 Å². The van der Waals surface area contributed by atoms with Gasteiger partial charge in [-0.15, -0.1) is 11.3 Å². The van der Waals surface area contributed by atoms with Crippen LogP contribution < -0.4 is 9.47 Å². The molecule has 2 aromatic carbocycles. The topological polar surface area (TPSA) is 112 Å². The molecule has 0 aliphatic heterocycles. The van der Waals surface area contributed by atoms with Crippen molar-refractivity contribution in [2.45, 2.75) is 32.7 Å². The molecule has 3 rings (SSSR count). The van der Waals surface area contributed by atoms with E-state index in [9.17, 15) is 18.0 Å². The highest BCUT2D eigenvalue weighted by Crippen LogP contribution is 2.30. The number of aryl methyl sites for hydroxylation is 1. The molecule has 40 heavy (non-hydrogen) atoms. The molecule has 0 aliphatic rings. The maximum Gasteiger partial charge on any atom is 0.254 e. The summed E-state index contributed by atoms with van der Waals surface area (Å²) in [5, 5.41) is 2.09. The molecule has 0 bridgehead atoms. The van der Waals surface area contributed by atoms with Gasteiger partial charge in [-0.1, -0.05) is 30.3 Å². The lowest BCUT2D eigenvalue weighted by atomic mass is 10.1. The van der Waals surface area contributed by atoms with Crippen molar-refractivity contribution in [3.63, 3.8) is 0 Å². The molecule has 0 N–H and O–H groups in total. The van der Waals surface area contributed by atoms with Gasteiger partial charge in [-0.3, -0.25) is 9.59 Å². The van der Waals surface area contributed by atoms with E-state index in [1.54, 1.807) is 36.6 Å². The first kappa shape index (κ1) is 31.3. The maximum atomic E-state index is 13.7. The summed E-state index contributed by atoms with van der Waals surface area (Å²) in [5.74, 6) is -0.441. The van der Waals surface area contributed by atoms with Gasteiger partial charge in [0.25, 0.3) is 5.91 Å². The second-order valence-corrected chi connectivity index (χ2v) is 12.4. The summed E-state index contributed by atoms with van der Waals surface area (Å²) in [6, 6.07) is 13.4. The lowest BCUT2D eigenvalue weighted by Gasteiger charge is -2.23. The third kappa shape index (κ3) is 8.87. The third-order valence-electron chi connectivity index (χ3n) is 6.34. The number of amides is 1. The summed E-state index contributed by atoms with van der Waals surface area (Å²) in [6.45, 7) is 2.78. The number of hydrogen-bond donors (Lipinski definition) is 0. The van der Waals surface area contributed by atoms with Crippen molar-refractivity contribution in [3.05, 3.63) is 75.2 Å². The standard InChI is InChI=1S/C29H36N2O7S2/c1-21-26(37-3)16-23(17-27(21)38-4)29(33)31(13-8-12-22-10-6-5-7-11-22)18-28-30-24(19-39-28)25(32)20-40(34,35)15-9-14-36-2/h5-7,10-11,16-17,19H,8-9,12-15,18,20H2,1-4H3. The first-order valence-corrected chi connectivity index (χ1v) is 15.6. The molecular weight excluding hydrogens is 552 g/mol. The lowest BCUT2D eigenvalue weighted by molar-refractivity contribution is 0.0740. The van der Waals surface area contributed by atoms with Gasteiger partial charge in [-0.25, -0.2) is 13.4 Å². The number of carbonyl (C=O) groups is 2. The second kappa shape index (κ2) is 14.9. The Hall–Kier alpha value is -3.28. The Balaban J connectivity index is 1.79. The van der Waals surface area contributed by atoms with Crippen molar-refractivity contribution < 1.29 is 32.2 Å². The van der Waals surface area contributed by atoms with E-state index in [4.69, 9.17) is 14.2 Å². The summed E-state index contributed by atoms with van der Waals surface area (Å²) in [6.07, 6.45) is 1.82. The Morgan fingerprint density at radius 3 is 2.30 bits per heavy atom. The molecule has 0 atom stereocenters. The number of thiazole rings is 1. The number of benzene rings is 2. The Labute approximate surface area is 240 Å². The van der Waals surface area contributed by atoms with Crippen LogP contribution in [-0.4, -0.2) is 76.0 Å². The summed E-state index contributed by atoms with van der Waals surface area (Å²) >= 11 is 1.22. The molecular formula is C29H36N2O7S2. The third-order valence-corrected chi connectivity index (χ3v) is 8.79. The normalized spacial score (nSPS) is 11.3. The van der Waals surface area contributed by atoms with E-state index >= 15 is 0 Å². The van der Waals surface area contributed by atoms with Gasteiger partial charge in [-0.05, 0) is 43.9 Å². The van der Waals surface area contributed by atoms with Crippen LogP contribution in [0.4, 0.5) is 0 Å². The van der Waals surface area contributed by atoms with E-state index in [0.717, 1.165) is 12.0 Å². The number of aromatic nitrogens is 1. The highest BCUT2D eigenvalue weighted by Gasteiger charge is 2.23. The van der Waals surface area contributed by atoms with Gasteiger partial charge in [-0.2, -0.15) is 0 Å². The number of hydrogen-bond acceptors (Lipinski definition) is 9. The average Bonchev–Trinajstić information content (AvgIpc) is 3.41. The number of ether oxygens (including phenoxy) is 3. The number of Topliss-reactive ketones (excluding diaryl/α,β-unsaturated/α-hetero) is 1. The summed E-state index contributed by atoms with van der Waals surface area (Å²) in [4.78, 5) is 32.5. The number of methoxy groups -OCH3 is 3. The van der Waals surface area contributed by atoms with Crippen molar-refractivity contribution in [3.8, 4) is 11.5 Å². The summed E-state index contributed by atoms with van der Waals surface area (Å²) in [7, 11) is 1.01. The predicted molar refractivity (Wildman–Crippen MR) is 155 cm³/mol. The molecule has 0 fully saturated rings. The summed E-state index contributed by atoms with van der Waals surface area (Å²) < 4.78 is 40.4. The minimum absolute atomic E-state index is 0.0886. The van der Waals surface area contributed by atoms with E-state index in [1.165, 1.54) is 24.0 Å². The SMILES string of the molecule is COCCCS(=O)(=O)CC(=O)c1csc(CN(CCCc2ccccc2)C(=O)c2cc(OC)c(C)c(OC)c2)n1. The molecule has 9 nitrogen and oxygen atoms in total. The van der Waals surface area contributed by atoms with E-state index in [1.807, 2.05) is 37.3 Å². The van der Waals surface area contributed by atoms with Crippen LogP contribution in [0.2, 0.25) is 0 Å². The number of ketones is 1. The molecule has 0 radical (unpaired) electrons. The van der Waals surface area contributed by atoms with Crippen LogP contribution in [0.1, 0.15) is 49.8 Å². The number of nitrogens with zero attached hydrogens (tertiary/aromatic N) is 2. The van der Waals surface area contributed by atoms with Crippen LogP contribution in [-0.2, 0) is 27.5 Å². The molecule has 3 aromatic rings. The Morgan fingerprint density at radius 1 is 1.00 bits per heavy atom. The number of carbonyl (C=O) groups excluding carboxylic acids is 2. The molecule has 11 heteroatoms. The first-order valence-electron chi connectivity index (χ1n) is 12.9. The predicted octanol–water partition coefficient (Wildman–Crippen LogP) is 4.38. The largest absolute Gasteiger partial charge is 0.496 e. The van der Waals surface area contributed by atoms with Gasteiger partial charge in [0.2, 0.25) is 0 Å². The Bertz CT molecular complexity index is 1360. The zero-order valence-corrected chi connectivity index (χ0v) is 25.0. The van der Waals surface area contributed by atoms with Gasteiger partial charge in [0, 0.05) is 36.8 Å². The van der Waals surface area contributed by atoms with Gasteiger partial charge < -0.3 is 19.1 Å². The van der Waals surface area contributed by atoms with Crippen LogP contribution in [0.15, 0.2) is 47.8 Å². The minimum Gasteiger partial charge on any atom is -0.496 e. The lowest BCUT2D eigenvalue weighted by Crippen LogP contribution is -2.32. The molecule has 216 valence electrons. The fourth-order valence-electron chi connectivity index (χ4n) is 4.21. The van der Waals surface area contributed by atoms with E-state index in [0.29, 0.717) is 48.1 Å². The molecule has 1 amide bonds. The zero-order chi connectivity index (χ0) is 29.1. The summed E-state index contributed by atoms with van der Waals surface area (Å²) in [5.41, 5.74) is 2.46. The first-order chi connectivity index (χ1) is 19.2. The van der Waals surface area contributed by atoms with Crippen LogP contribution in [0.3, 0.4) is 0 Å². The van der Waals surface area contributed by atoms with Crippen molar-refractivity contribution in [1.29, 1.82) is 0 Å². The van der Waals surface area contributed by atoms with Gasteiger partial charge in [0.05, 0.1) is 26.5 Å². The van der Waals surface area contributed by atoms with Gasteiger partial charge >= 0.3 is 0 Å². The molecule has 1 aromatic heterocycles. The highest BCUT2D eigenvalue weighted by atomic mass is 32.2. The van der Waals surface area contributed by atoms with Crippen molar-refractivity contribution in [1.82, 2.24) is 9.88 Å². The van der Waals surface area contributed by atoms with Crippen molar-refractivity contribution in [2.75, 3.05) is 46.0 Å². The Morgan fingerprint density at radius 2 is 1.68 bits per heavy atom. The fraction of sp³-hybridized carbons (Fsp3) is 0.414. The highest BCUT2D eigenvalue weighted by molar-refractivity contribution is 7.92. The van der Waals surface area contributed by atoms with E-state index in [2.05, 4.69) is 4.98 Å². The van der Waals surface area contributed by atoms with Crippen molar-refractivity contribution in [2.24, 2.45) is 0 Å². The number of rotatable bonds is 16. The fourth-order valence-corrected chi connectivity index (χ4v) is 6.27. The molecule has 0 saturated heterocycles.